The summed E-state index contributed by atoms with van der Waals surface area (Å²) in [6, 6.07) is 13.6. The molecule has 1 saturated carbocycles. The van der Waals surface area contributed by atoms with Crippen LogP contribution in [-0.4, -0.2) is 29.6 Å². The van der Waals surface area contributed by atoms with Crippen molar-refractivity contribution >= 4 is 58.1 Å². The number of anilines is 1. The number of ether oxygens (including phenoxy) is 1. The van der Waals surface area contributed by atoms with Crippen molar-refractivity contribution in [1.29, 1.82) is 0 Å². The maximum Gasteiger partial charge on any atom is 0.179 e. The maximum absolute atomic E-state index is 6.43. The lowest BCUT2D eigenvalue weighted by Gasteiger charge is -2.41. The normalized spacial score (nSPS) is 20.0. The van der Waals surface area contributed by atoms with Gasteiger partial charge in [0.2, 0.25) is 0 Å². The van der Waals surface area contributed by atoms with Crippen LogP contribution in [-0.2, 0) is 0 Å². The molecule has 1 N–H and O–H groups in total. The van der Waals surface area contributed by atoms with Gasteiger partial charge in [0.05, 0.1) is 13.2 Å². The minimum absolute atomic E-state index is 0.0748. The molecule has 4 rings (SSSR count). The molecule has 0 aromatic heterocycles. The number of benzene rings is 2. The standard InChI is InChI=1S/C28H33Cl2N3OS/c1-27(2,3)24(15-9-19-8-10-20(29)18-23(19)30)31-25-28(16-6-5-7-17-28)33(26(35)32-25)21-11-13-22(34-4)14-12-21/h8-15,18,24H,5-7,16-17H2,1-4H3,(H,31,32,35)/b15-9+/t24-/m1/s1. The van der Waals surface area contributed by atoms with Crippen molar-refractivity contribution in [3.63, 3.8) is 0 Å². The Kier molecular flexibility index (Phi) is 7.80. The van der Waals surface area contributed by atoms with Crippen molar-refractivity contribution in [2.45, 2.75) is 64.5 Å². The van der Waals surface area contributed by atoms with Gasteiger partial charge in [-0.15, -0.1) is 0 Å². The third-order valence-electron chi connectivity index (χ3n) is 6.88. The molecule has 35 heavy (non-hydrogen) atoms. The van der Waals surface area contributed by atoms with Crippen molar-refractivity contribution in [2.24, 2.45) is 10.4 Å². The predicted molar refractivity (Wildman–Crippen MR) is 153 cm³/mol. The fourth-order valence-corrected chi connectivity index (χ4v) is 5.76. The molecule has 1 heterocycles. The number of rotatable bonds is 5. The molecule has 1 aliphatic heterocycles. The van der Waals surface area contributed by atoms with E-state index >= 15 is 0 Å². The van der Waals surface area contributed by atoms with Gasteiger partial charge >= 0.3 is 0 Å². The van der Waals surface area contributed by atoms with E-state index in [4.69, 9.17) is 45.1 Å². The summed E-state index contributed by atoms with van der Waals surface area (Å²) in [5.41, 5.74) is 1.62. The van der Waals surface area contributed by atoms with Crippen LogP contribution >= 0.6 is 35.4 Å². The number of aliphatic imine (C=N–C) groups is 1. The summed E-state index contributed by atoms with van der Waals surface area (Å²) < 4.78 is 5.37. The maximum atomic E-state index is 6.43. The molecule has 0 unspecified atom stereocenters. The van der Waals surface area contributed by atoms with Gasteiger partial charge < -0.3 is 15.0 Å². The van der Waals surface area contributed by atoms with E-state index in [1.54, 1.807) is 13.2 Å². The summed E-state index contributed by atoms with van der Waals surface area (Å²) in [6.07, 6.45) is 9.72. The Morgan fingerprint density at radius 1 is 1.09 bits per heavy atom. The molecule has 0 amide bonds. The largest absolute Gasteiger partial charge is 0.497 e. The fraction of sp³-hybridized carbons (Fsp3) is 0.429. The van der Waals surface area contributed by atoms with Crippen LogP contribution in [0.15, 0.2) is 53.5 Å². The molecule has 2 fully saturated rings. The Bertz CT molecular complexity index is 1130. The second-order valence-electron chi connectivity index (χ2n) is 10.4. The Balaban J connectivity index is 1.74. The highest BCUT2D eigenvalue weighted by atomic mass is 35.5. The molecule has 7 heteroatoms. The predicted octanol–water partition coefficient (Wildman–Crippen LogP) is 7.93. The molecule has 4 nitrogen and oxygen atoms in total. The zero-order valence-electron chi connectivity index (χ0n) is 20.8. The topological polar surface area (TPSA) is 36.9 Å². The van der Waals surface area contributed by atoms with Gasteiger partial charge in [-0.1, -0.05) is 81.5 Å². The van der Waals surface area contributed by atoms with Gasteiger partial charge in [0.1, 0.15) is 17.1 Å². The van der Waals surface area contributed by atoms with E-state index in [1.807, 2.05) is 30.3 Å². The number of methoxy groups -OCH3 is 1. The Morgan fingerprint density at radius 2 is 1.77 bits per heavy atom. The van der Waals surface area contributed by atoms with E-state index in [0.29, 0.717) is 15.2 Å². The molecular weight excluding hydrogens is 497 g/mol. The van der Waals surface area contributed by atoms with E-state index in [2.05, 4.69) is 49.2 Å². The smallest absolute Gasteiger partial charge is 0.179 e. The molecule has 0 bridgehead atoms. The zero-order chi connectivity index (χ0) is 25.2. The second kappa shape index (κ2) is 10.5. The lowest BCUT2D eigenvalue weighted by Crippen LogP contribution is -2.51. The van der Waals surface area contributed by atoms with E-state index in [1.165, 1.54) is 6.42 Å². The van der Waals surface area contributed by atoms with Crippen molar-refractivity contribution < 1.29 is 4.74 Å². The van der Waals surface area contributed by atoms with Crippen LogP contribution < -0.4 is 15.0 Å². The third-order valence-corrected chi connectivity index (χ3v) is 7.73. The number of nitrogens with zero attached hydrogens (tertiary/aromatic N) is 2. The van der Waals surface area contributed by atoms with Crippen LogP contribution in [0.3, 0.4) is 0 Å². The van der Waals surface area contributed by atoms with Gasteiger partial charge in [0, 0.05) is 15.7 Å². The first-order chi connectivity index (χ1) is 16.6. The van der Waals surface area contributed by atoms with Gasteiger partial charge in [0.15, 0.2) is 5.11 Å². The summed E-state index contributed by atoms with van der Waals surface area (Å²) in [5, 5.41) is 5.47. The SMILES string of the molecule is COc1ccc(N2C(=S)NC(=N[C@H](/C=C/c3ccc(Cl)cc3Cl)C(C)(C)C)C23CCCCC3)cc1. The van der Waals surface area contributed by atoms with E-state index in [0.717, 1.165) is 48.5 Å². The summed E-state index contributed by atoms with van der Waals surface area (Å²) in [6.45, 7) is 6.62. The molecule has 2 aromatic rings. The first-order valence-corrected chi connectivity index (χ1v) is 13.3. The summed E-state index contributed by atoms with van der Waals surface area (Å²) in [4.78, 5) is 7.62. The van der Waals surface area contributed by atoms with Crippen molar-refractivity contribution in [1.82, 2.24) is 5.32 Å². The average Bonchev–Trinajstić information content (AvgIpc) is 3.07. The van der Waals surface area contributed by atoms with Crippen molar-refractivity contribution in [2.75, 3.05) is 12.0 Å². The second-order valence-corrected chi connectivity index (χ2v) is 11.6. The van der Waals surface area contributed by atoms with Crippen molar-refractivity contribution in [3.05, 3.63) is 64.1 Å². The van der Waals surface area contributed by atoms with E-state index in [9.17, 15) is 0 Å². The summed E-state index contributed by atoms with van der Waals surface area (Å²) >= 11 is 18.4. The molecule has 186 valence electrons. The molecule has 2 aromatic carbocycles. The van der Waals surface area contributed by atoms with Crippen LogP contribution in [0.25, 0.3) is 6.08 Å². The monoisotopic (exact) mass is 529 g/mol. The molecule has 1 saturated heterocycles. The highest BCUT2D eigenvalue weighted by Crippen LogP contribution is 2.42. The first kappa shape index (κ1) is 26.0. The zero-order valence-corrected chi connectivity index (χ0v) is 23.1. The van der Waals surface area contributed by atoms with Gasteiger partial charge in [0.25, 0.3) is 0 Å². The fourth-order valence-electron chi connectivity index (χ4n) is 4.91. The van der Waals surface area contributed by atoms with E-state index in [-0.39, 0.29) is 17.0 Å². The highest BCUT2D eigenvalue weighted by Gasteiger charge is 2.50. The highest BCUT2D eigenvalue weighted by molar-refractivity contribution is 7.80. The average molecular weight is 531 g/mol. The van der Waals surface area contributed by atoms with Crippen LogP contribution in [0.5, 0.6) is 5.75 Å². The summed E-state index contributed by atoms with van der Waals surface area (Å²) in [5.74, 6) is 1.79. The Morgan fingerprint density at radius 3 is 2.37 bits per heavy atom. The lowest BCUT2D eigenvalue weighted by atomic mass is 9.79. The minimum atomic E-state index is -0.265. The number of nitrogens with one attached hydrogen (secondary N) is 1. The third kappa shape index (κ3) is 5.52. The quantitative estimate of drug-likeness (QED) is 0.399. The molecule has 1 atom stereocenters. The van der Waals surface area contributed by atoms with Crippen molar-refractivity contribution in [3.8, 4) is 5.75 Å². The van der Waals surface area contributed by atoms with Gasteiger partial charge in [-0.3, -0.25) is 4.99 Å². The van der Waals surface area contributed by atoms with Crippen LogP contribution in [0.2, 0.25) is 10.0 Å². The van der Waals surface area contributed by atoms with Crippen LogP contribution in [0, 0.1) is 5.41 Å². The Labute approximate surface area is 224 Å². The number of hydrogen-bond donors (Lipinski definition) is 1. The van der Waals surface area contributed by atoms with Crippen LogP contribution in [0.1, 0.15) is 58.4 Å². The van der Waals surface area contributed by atoms with Crippen LogP contribution in [0.4, 0.5) is 5.69 Å². The Hall–Kier alpha value is -2.08. The van der Waals surface area contributed by atoms with E-state index < -0.39 is 0 Å². The first-order valence-electron chi connectivity index (χ1n) is 12.1. The van der Waals surface area contributed by atoms with Gasteiger partial charge in [-0.25, -0.2) is 0 Å². The summed E-state index contributed by atoms with van der Waals surface area (Å²) in [7, 11) is 1.68. The van der Waals surface area contributed by atoms with Gasteiger partial charge in [-0.2, -0.15) is 0 Å². The number of thiocarbonyl (C=S) groups is 1. The molecule has 0 radical (unpaired) electrons. The molecular formula is C28H33Cl2N3OS. The number of amidine groups is 1. The molecule has 2 aliphatic rings. The molecule has 1 spiro atoms. The number of halogens is 2. The minimum Gasteiger partial charge on any atom is -0.497 e. The molecule has 1 aliphatic carbocycles. The number of hydrogen-bond acceptors (Lipinski definition) is 3. The lowest BCUT2D eigenvalue weighted by molar-refractivity contribution is 0.357. The van der Waals surface area contributed by atoms with Gasteiger partial charge in [-0.05, 0) is 72.4 Å².